The molecule has 0 N–H and O–H groups in total. The Bertz CT molecular complexity index is 552. The van der Waals surface area contributed by atoms with Gasteiger partial charge in [0, 0.05) is 4.47 Å². The molecule has 0 fully saturated rings. The van der Waals surface area contributed by atoms with E-state index in [1.165, 1.54) is 0 Å². The maximum absolute atomic E-state index is 11.2. The van der Waals surface area contributed by atoms with E-state index in [0.717, 1.165) is 10.0 Å². The molecule has 0 aliphatic heterocycles. The molecule has 18 heavy (non-hydrogen) atoms. The van der Waals surface area contributed by atoms with Gasteiger partial charge in [-0.2, -0.15) is 0 Å². The topological polar surface area (TPSA) is 26.3 Å². The SMILES string of the molecule is O=C(Cl)c1ccccc1OCc1ccc(Br)cc1. The van der Waals surface area contributed by atoms with Crippen LogP contribution in [0.2, 0.25) is 0 Å². The Labute approximate surface area is 119 Å². The highest BCUT2D eigenvalue weighted by atomic mass is 79.9. The normalized spacial score (nSPS) is 10.1. The van der Waals surface area contributed by atoms with Gasteiger partial charge in [0.05, 0.1) is 5.56 Å². The lowest BCUT2D eigenvalue weighted by Gasteiger charge is -2.09. The van der Waals surface area contributed by atoms with Crippen molar-refractivity contribution >= 4 is 32.8 Å². The zero-order valence-corrected chi connectivity index (χ0v) is 11.7. The van der Waals surface area contributed by atoms with Crippen molar-refractivity contribution < 1.29 is 9.53 Å². The Balaban J connectivity index is 2.10. The molecule has 2 nitrogen and oxygen atoms in total. The van der Waals surface area contributed by atoms with Crippen LogP contribution in [0, 0.1) is 0 Å². The lowest BCUT2D eigenvalue weighted by atomic mass is 10.2. The molecule has 0 amide bonds. The third-order valence-electron chi connectivity index (χ3n) is 2.41. The molecule has 2 rings (SSSR count). The summed E-state index contributed by atoms with van der Waals surface area (Å²) in [6, 6.07) is 14.7. The van der Waals surface area contributed by atoms with Crippen LogP contribution in [-0.2, 0) is 6.61 Å². The first-order valence-electron chi connectivity index (χ1n) is 5.33. The minimum absolute atomic E-state index is 0.385. The van der Waals surface area contributed by atoms with E-state index in [2.05, 4.69) is 15.9 Å². The van der Waals surface area contributed by atoms with Crippen molar-refractivity contribution in [2.45, 2.75) is 6.61 Å². The number of carbonyl (C=O) groups excluding carboxylic acids is 1. The van der Waals surface area contributed by atoms with Gasteiger partial charge in [0.1, 0.15) is 12.4 Å². The highest BCUT2D eigenvalue weighted by Gasteiger charge is 2.09. The third-order valence-corrected chi connectivity index (χ3v) is 3.14. The highest BCUT2D eigenvalue weighted by Crippen LogP contribution is 2.21. The van der Waals surface area contributed by atoms with Crippen molar-refractivity contribution in [3.8, 4) is 5.75 Å². The van der Waals surface area contributed by atoms with Gasteiger partial charge in [-0.3, -0.25) is 4.79 Å². The van der Waals surface area contributed by atoms with Crippen LogP contribution in [0.25, 0.3) is 0 Å². The van der Waals surface area contributed by atoms with E-state index in [9.17, 15) is 4.79 Å². The standard InChI is InChI=1S/C14H10BrClO2/c15-11-7-5-10(6-8-11)9-18-13-4-2-1-3-12(13)14(16)17/h1-8H,9H2. The van der Waals surface area contributed by atoms with Gasteiger partial charge in [-0.1, -0.05) is 40.2 Å². The van der Waals surface area contributed by atoms with E-state index in [1.807, 2.05) is 24.3 Å². The van der Waals surface area contributed by atoms with E-state index in [1.54, 1.807) is 24.3 Å². The van der Waals surface area contributed by atoms with Gasteiger partial charge < -0.3 is 4.74 Å². The molecular weight excluding hydrogens is 316 g/mol. The molecule has 0 aromatic heterocycles. The van der Waals surface area contributed by atoms with Crippen molar-refractivity contribution in [1.82, 2.24) is 0 Å². The van der Waals surface area contributed by atoms with Crippen LogP contribution in [0.3, 0.4) is 0 Å². The Kier molecular flexibility index (Phi) is 4.39. The Morgan fingerprint density at radius 1 is 1.11 bits per heavy atom. The number of halogens is 2. The zero-order valence-electron chi connectivity index (χ0n) is 9.40. The van der Waals surface area contributed by atoms with Crippen molar-refractivity contribution in [3.63, 3.8) is 0 Å². The Morgan fingerprint density at radius 3 is 2.44 bits per heavy atom. The first kappa shape index (κ1) is 13.1. The molecule has 0 saturated carbocycles. The number of para-hydroxylation sites is 1. The summed E-state index contributed by atoms with van der Waals surface area (Å²) in [5.74, 6) is 0.500. The highest BCUT2D eigenvalue weighted by molar-refractivity contribution is 9.10. The summed E-state index contributed by atoms with van der Waals surface area (Å²) in [6.45, 7) is 0.397. The van der Waals surface area contributed by atoms with Gasteiger partial charge in [0.15, 0.2) is 0 Å². The zero-order chi connectivity index (χ0) is 13.0. The van der Waals surface area contributed by atoms with Gasteiger partial charge in [-0.05, 0) is 41.4 Å². The molecule has 0 spiro atoms. The molecule has 0 atom stereocenters. The predicted octanol–water partition coefficient (Wildman–Crippen LogP) is 4.41. The molecule has 0 aliphatic carbocycles. The summed E-state index contributed by atoms with van der Waals surface area (Å²) in [6.07, 6.45) is 0. The predicted molar refractivity (Wildman–Crippen MR) is 75.1 cm³/mol. The summed E-state index contributed by atoms with van der Waals surface area (Å²) in [7, 11) is 0. The van der Waals surface area contributed by atoms with E-state index < -0.39 is 5.24 Å². The first-order chi connectivity index (χ1) is 8.66. The van der Waals surface area contributed by atoms with Crippen LogP contribution in [0.1, 0.15) is 15.9 Å². The van der Waals surface area contributed by atoms with E-state index >= 15 is 0 Å². The fourth-order valence-electron chi connectivity index (χ4n) is 1.50. The number of hydrogen-bond donors (Lipinski definition) is 0. The van der Waals surface area contributed by atoms with Crippen molar-refractivity contribution in [2.24, 2.45) is 0 Å². The summed E-state index contributed by atoms with van der Waals surface area (Å²) < 4.78 is 6.62. The Morgan fingerprint density at radius 2 is 1.78 bits per heavy atom. The maximum Gasteiger partial charge on any atom is 0.256 e. The Hall–Kier alpha value is -1.32. The van der Waals surface area contributed by atoms with E-state index in [0.29, 0.717) is 17.9 Å². The number of ether oxygens (including phenoxy) is 1. The molecule has 2 aromatic carbocycles. The molecule has 2 aromatic rings. The molecule has 0 bridgehead atoms. The maximum atomic E-state index is 11.2. The van der Waals surface area contributed by atoms with Crippen LogP contribution in [0.15, 0.2) is 53.0 Å². The van der Waals surface area contributed by atoms with Crippen LogP contribution in [0.5, 0.6) is 5.75 Å². The number of benzene rings is 2. The molecule has 0 saturated heterocycles. The van der Waals surface area contributed by atoms with Crippen molar-refractivity contribution in [1.29, 1.82) is 0 Å². The van der Waals surface area contributed by atoms with Crippen molar-refractivity contribution in [2.75, 3.05) is 0 Å². The van der Waals surface area contributed by atoms with Gasteiger partial charge in [-0.25, -0.2) is 0 Å². The van der Waals surface area contributed by atoms with Crippen LogP contribution in [-0.4, -0.2) is 5.24 Å². The van der Waals surface area contributed by atoms with Gasteiger partial charge in [0.25, 0.3) is 5.24 Å². The van der Waals surface area contributed by atoms with E-state index in [4.69, 9.17) is 16.3 Å². The van der Waals surface area contributed by atoms with Crippen LogP contribution in [0.4, 0.5) is 0 Å². The monoisotopic (exact) mass is 324 g/mol. The average molecular weight is 326 g/mol. The van der Waals surface area contributed by atoms with E-state index in [-0.39, 0.29) is 0 Å². The lowest BCUT2D eigenvalue weighted by Crippen LogP contribution is -2.00. The first-order valence-corrected chi connectivity index (χ1v) is 6.50. The molecule has 0 aliphatic rings. The molecular formula is C14H10BrClO2. The largest absolute Gasteiger partial charge is 0.488 e. The summed E-state index contributed by atoms with van der Waals surface area (Å²) in [5.41, 5.74) is 1.41. The number of rotatable bonds is 4. The fraction of sp³-hybridized carbons (Fsp3) is 0.0714. The second-order valence-corrected chi connectivity index (χ2v) is 4.94. The average Bonchev–Trinajstić information content (AvgIpc) is 2.38. The fourth-order valence-corrected chi connectivity index (χ4v) is 1.92. The molecule has 0 unspecified atom stereocenters. The smallest absolute Gasteiger partial charge is 0.256 e. The minimum atomic E-state index is -0.513. The lowest BCUT2D eigenvalue weighted by molar-refractivity contribution is 0.107. The number of hydrogen-bond acceptors (Lipinski definition) is 2. The number of carbonyl (C=O) groups is 1. The molecule has 92 valence electrons. The molecule has 0 heterocycles. The van der Waals surface area contributed by atoms with Gasteiger partial charge >= 0.3 is 0 Å². The quantitative estimate of drug-likeness (QED) is 0.778. The van der Waals surface area contributed by atoms with Crippen LogP contribution >= 0.6 is 27.5 Å². The minimum Gasteiger partial charge on any atom is -0.488 e. The third kappa shape index (κ3) is 3.34. The van der Waals surface area contributed by atoms with Gasteiger partial charge in [-0.15, -0.1) is 0 Å². The summed E-state index contributed by atoms with van der Waals surface area (Å²) in [4.78, 5) is 11.2. The van der Waals surface area contributed by atoms with Crippen molar-refractivity contribution in [3.05, 3.63) is 64.1 Å². The van der Waals surface area contributed by atoms with Gasteiger partial charge in [0.2, 0.25) is 0 Å². The summed E-state index contributed by atoms with van der Waals surface area (Å²) >= 11 is 8.85. The molecule has 4 heteroatoms. The summed E-state index contributed by atoms with van der Waals surface area (Å²) in [5, 5.41) is -0.513. The second-order valence-electron chi connectivity index (χ2n) is 3.69. The molecule has 0 radical (unpaired) electrons. The van der Waals surface area contributed by atoms with Crippen LogP contribution < -0.4 is 4.74 Å². The second kappa shape index (κ2) is 6.03.